The zero-order valence-electron chi connectivity index (χ0n) is 21.6. The number of hydrogen-bond acceptors (Lipinski definition) is 10. The van der Waals surface area contributed by atoms with Crippen molar-refractivity contribution in [2.24, 2.45) is 0 Å². The molecule has 0 spiro atoms. The minimum absolute atomic E-state index is 0.0327. The molecule has 1 fully saturated rings. The molecule has 0 bridgehead atoms. The number of fused-ring (bicyclic) bond motifs is 1. The van der Waals surface area contributed by atoms with Gasteiger partial charge in [0, 0.05) is 11.3 Å². The summed E-state index contributed by atoms with van der Waals surface area (Å²) in [7, 11) is 0. The summed E-state index contributed by atoms with van der Waals surface area (Å²) in [5.74, 6) is -4.73. The van der Waals surface area contributed by atoms with Crippen LogP contribution in [0, 0.1) is 0 Å². The number of alkyl carbamates (subject to hydrolysis) is 1. The number of ether oxygens (including phenoxy) is 2. The molecule has 0 aliphatic carbocycles. The number of esters is 1. The highest BCUT2D eigenvalue weighted by molar-refractivity contribution is 8.00. The normalized spacial score (nSPS) is 18.4. The summed E-state index contributed by atoms with van der Waals surface area (Å²) in [4.78, 5) is 75.4. The summed E-state index contributed by atoms with van der Waals surface area (Å²) in [6.07, 6.45) is -2.51. The molecule has 13 nitrogen and oxygen atoms in total. The summed E-state index contributed by atoms with van der Waals surface area (Å²) in [5, 5.41) is 23.9. The summed E-state index contributed by atoms with van der Waals surface area (Å²) in [6.45, 7) is 1.09. The monoisotopic (exact) mass is 583 g/mol. The quantitative estimate of drug-likeness (QED) is 0.245. The van der Waals surface area contributed by atoms with Crippen molar-refractivity contribution < 1.29 is 48.5 Å². The molecule has 2 aromatic rings. The van der Waals surface area contributed by atoms with Crippen molar-refractivity contribution >= 4 is 47.5 Å². The van der Waals surface area contributed by atoms with Gasteiger partial charge in [0.1, 0.15) is 23.7 Å². The van der Waals surface area contributed by atoms with Crippen LogP contribution in [0.2, 0.25) is 0 Å². The van der Waals surface area contributed by atoms with Gasteiger partial charge in [0.2, 0.25) is 0 Å². The first-order valence-electron chi connectivity index (χ1n) is 12.3. The molecule has 214 valence electrons. The number of aliphatic hydroxyl groups excluding tert-OH is 1. The lowest BCUT2D eigenvalue weighted by Crippen LogP contribution is -2.71. The highest BCUT2D eigenvalue weighted by atomic mass is 32.2. The van der Waals surface area contributed by atoms with Crippen LogP contribution < -0.4 is 10.6 Å². The average Bonchev–Trinajstić information content (AvgIpc) is 2.97. The number of nitrogens with zero attached hydrogens (tertiary/aromatic N) is 1. The van der Waals surface area contributed by atoms with E-state index in [1.807, 2.05) is 5.32 Å². The second-order valence-electron chi connectivity index (χ2n) is 8.76. The number of aliphatic hydroxyl groups is 1. The molecular weight excluding hydrogens is 558 g/mol. The van der Waals surface area contributed by atoms with Gasteiger partial charge in [-0.3, -0.25) is 24.6 Å². The van der Waals surface area contributed by atoms with Crippen LogP contribution in [0.3, 0.4) is 0 Å². The van der Waals surface area contributed by atoms with Crippen molar-refractivity contribution in [3.05, 3.63) is 82.6 Å². The van der Waals surface area contributed by atoms with Gasteiger partial charge in [-0.2, -0.15) is 0 Å². The Morgan fingerprint density at radius 1 is 1.02 bits per heavy atom. The van der Waals surface area contributed by atoms with Crippen molar-refractivity contribution in [2.45, 2.75) is 24.4 Å². The number of β-lactam (4-membered cyclic amide) rings is 1. The van der Waals surface area contributed by atoms with Crippen molar-refractivity contribution in [2.75, 3.05) is 19.0 Å². The van der Waals surface area contributed by atoms with E-state index >= 15 is 0 Å². The second-order valence-corrected chi connectivity index (χ2v) is 9.87. The third-order valence-corrected chi connectivity index (χ3v) is 7.51. The van der Waals surface area contributed by atoms with E-state index in [-0.39, 0.29) is 34.8 Å². The Hall–Kier alpha value is -4.69. The Kier molecular flexibility index (Phi) is 9.04. The van der Waals surface area contributed by atoms with E-state index in [4.69, 9.17) is 4.74 Å². The number of hydrogen-bond donors (Lipinski definition) is 4. The lowest BCUT2D eigenvalue weighted by molar-refractivity contribution is -0.151. The number of rotatable bonds is 9. The van der Waals surface area contributed by atoms with Crippen LogP contribution in [-0.4, -0.2) is 81.2 Å². The van der Waals surface area contributed by atoms with Crippen molar-refractivity contribution in [3.8, 4) is 0 Å². The van der Waals surface area contributed by atoms with E-state index in [9.17, 15) is 39.0 Å². The number of carboxylic acid groups (broad SMARTS) is 1. The van der Waals surface area contributed by atoms with Crippen LogP contribution in [0.4, 0.5) is 4.79 Å². The molecule has 2 aromatic carbocycles. The number of carbonyl (C=O) groups is 6. The standard InChI is InChI=1S/C27H25N3O10S/c1-2-39-27(38)29-21(32)16-10-6-7-11-17(16)26(37)40-12-15-13-41-24-18(23(34)30(24)19(15)25(35)36)28-22(33)20(31)14-8-4-3-5-9-14/h3-11,18,20,24,31H,2,12-13H2,1H3,(H,28,33)(H,35,36)(H,29,32,38)/t18-,20?,24+/m1/s1. The topological polar surface area (TPSA) is 189 Å². The van der Waals surface area contributed by atoms with Gasteiger partial charge in [-0.25, -0.2) is 14.4 Å². The number of imide groups is 1. The lowest BCUT2D eigenvalue weighted by atomic mass is 10.0. The van der Waals surface area contributed by atoms with Gasteiger partial charge in [0.05, 0.1) is 17.7 Å². The molecule has 14 heteroatoms. The van der Waals surface area contributed by atoms with Gasteiger partial charge in [0.15, 0.2) is 6.10 Å². The molecule has 2 aliphatic heterocycles. The van der Waals surface area contributed by atoms with Gasteiger partial charge in [-0.15, -0.1) is 11.8 Å². The minimum Gasteiger partial charge on any atom is -0.477 e. The third-order valence-electron chi connectivity index (χ3n) is 6.17. The average molecular weight is 584 g/mol. The molecule has 0 aromatic heterocycles. The second kappa shape index (κ2) is 12.7. The van der Waals surface area contributed by atoms with E-state index in [1.54, 1.807) is 37.3 Å². The molecule has 1 saturated heterocycles. The first-order valence-corrected chi connectivity index (χ1v) is 13.4. The first-order chi connectivity index (χ1) is 19.6. The maximum atomic E-state index is 12.9. The van der Waals surface area contributed by atoms with Gasteiger partial charge < -0.3 is 25.0 Å². The maximum absolute atomic E-state index is 12.9. The molecule has 0 radical (unpaired) electrons. The van der Waals surface area contributed by atoms with E-state index in [1.165, 1.54) is 24.3 Å². The minimum atomic E-state index is -1.52. The van der Waals surface area contributed by atoms with E-state index in [0.29, 0.717) is 5.56 Å². The Labute approximate surface area is 237 Å². The summed E-state index contributed by atoms with van der Waals surface area (Å²) >= 11 is 1.15. The molecule has 3 atom stereocenters. The van der Waals surface area contributed by atoms with E-state index < -0.39 is 59.9 Å². The SMILES string of the molecule is CCOC(=O)NC(=O)c1ccccc1C(=O)OCC1=C(C(=O)O)N2C(=O)[C@@H](NC(=O)C(O)c3ccccc3)[C@@H]2SC1. The molecule has 2 heterocycles. The van der Waals surface area contributed by atoms with Gasteiger partial charge in [-0.1, -0.05) is 42.5 Å². The van der Waals surface area contributed by atoms with Crippen LogP contribution in [0.5, 0.6) is 0 Å². The summed E-state index contributed by atoms with van der Waals surface area (Å²) in [5.41, 5.74) is -0.254. The van der Waals surface area contributed by atoms with Gasteiger partial charge in [-0.05, 0) is 24.6 Å². The first kappa shape index (κ1) is 29.3. The third kappa shape index (κ3) is 6.23. The van der Waals surface area contributed by atoms with Crippen molar-refractivity contribution in [1.29, 1.82) is 0 Å². The number of carbonyl (C=O) groups excluding carboxylic acids is 5. The number of amides is 4. The molecule has 0 saturated carbocycles. The molecule has 4 rings (SSSR count). The molecule has 4 N–H and O–H groups in total. The highest BCUT2D eigenvalue weighted by Crippen LogP contribution is 2.40. The maximum Gasteiger partial charge on any atom is 0.414 e. The number of thioether (sulfide) groups is 1. The van der Waals surface area contributed by atoms with Crippen LogP contribution in [-0.2, 0) is 23.9 Å². The number of benzene rings is 2. The smallest absolute Gasteiger partial charge is 0.414 e. The van der Waals surface area contributed by atoms with Crippen molar-refractivity contribution in [3.63, 3.8) is 0 Å². The molecule has 41 heavy (non-hydrogen) atoms. The zero-order valence-corrected chi connectivity index (χ0v) is 22.4. The number of nitrogens with one attached hydrogen (secondary N) is 2. The number of carboxylic acids is 1. The fourth-order valence-corrected chi connectivity index (χ4v) is 5.56. The van der Waals surface area contributed by atoms with Gasteiger partial charge >= 0.3 is 18.0 Å². The fourth-order valence-electron chi connectivity index (χ4n) is 4.23. The van der Waals surface area contributed by atoms with Crippen LogP contribution in [0.1, 0.15) is 39.3 Å². The summed E-state index contributed by atoms with van der Waals surface area (Å²) < 4.78 is 9.97. The van der Waals surface area contributed by atoms with E-state index in [2.05, 4.69) is 10.1 Å². The van der Waals surface area contributed by atoms with Crippen LogP contribution in [0.15, 0.2) is 65.9 Å². The molecule has 1 unspecified atom stereocenters. The predicted octanol–water partition coefficient (Wildman–Crippen LogP) is 1.20. The Morgan fingerprint density at radius 3 is 2.34 bits per heavy atom. The van der Waals surface area contributed by atoms with Crippen LogP contribution >= 0.6 is 11.8 Å². The predicted molar refractivity (Wildman–Crippen MR) is 142 cm³/mol. The van der Waals surface area contributed by atoms with Crippen molar-refractivity contribution in [1.82, 2.24) is 15.5 Å². The largest absolute Gasteiger partial charge is 0.477 e. The zero-order chi connectivity index (χ0) is 29.7. The molecular formula is C27H25N3O10S. The molecule has 2 aliphatic rings. The van der Waals surface area contributed by atoms with E-state index in [0.717, 1.165) is 16.7 Å². The van der Waals surface area contributed by atoms with Crippen LogP contribution in [0.25, 0.3) is 0 Å². The summed E-state index contributed by atoms with van der Waals surface area (Å²) in [6, 6.07) is 12.6. The highest BCUT2D eigenvalue weighted by Gasteiger charge is 2.54. The molecule has 4 amide bonds. The lowest BCUT2D eigenvalue weighted by Gasteiger charge is -2.49. The fraction of sp³-hybridized carbons (Fsp3) is 0.259. The Morgan fingerprint density at radius 2 is 1.68 bits per heavy atom. The van der Waals surface area contributed by atoms with Gasteiger partial charge in [0.25, 0.3) is 17.7 Å². The Balaban J connectivity index is 1.44. The Bertz CT molecular complexity index is 1430. The number of aliphatic carboxylic acids is 1.